The van der Waals surface area contributed by atoms with Crippen molar-refractivity contribution in [3.63, 3.8) is 0 Å². The Labute approximate surface area is 96.0 Å². The highest BCUT2D eigenvalue weighted by atomic mass is 35.5. The second-order valence-electron chi connectivity index (χ2n) is 4.39. The maximum Gasteiger partial charge on any atom is 0.0407 e. The van der Waals surface area contributed by atoms with Crippen molar-refractivity contribution in [3.05, 3.63) is 29.3 Å². The topological polar surface area (TPSA) is 24.1 Å². The average Bonchev–Trinajstić information content (AvgIpc) is 2.99. The highest BCUT2D eigenvalue weighted by molar-refractivity contribution is 6.30. The normalized spacial score (nSPS) is 17.5. The minimum Gasteiger partial charge on any atom is -0.384 e. The van der Waals surface area contributed by atoms with Crippen LogP contribution in [0, 0.1) is 5.41 Å². The lowest BCUT2D eigenvalue weighted by Crippen LogP contribution is -2.26. The standard InChI is InChI=1S/C12H17ClN2/c1-14-8-12(6-7-12)9-15-11-4-2-10(13)3-5-11/h2-5,14-15H,6-9H2,1H3. The summed E-state index contributed by atoms with van der Waals surface area (Å²) >= 11 is 5.83. The zero-order valence-corrected chi connectivity index (χ0v) is 9.77. The summed E-state index contributed by atoms with van der Waals surface area (Å²) in [4.78, 5) is 0. The SMILES string of the molecule is CNCC1(CNc2ccc(Cl)cc2)CC1. The first-order valence-corrected chi connectivity index (χ1v) is 5.76. The van der Waals surface area contributed by atoms with Crippen molar-refractivity contribution in [1.29, 1.82) is 0 Å². The first kappa shape index (κ1) is 10.8. The van der Waals surface area contributed by atoms with Crippen molar-refractivity contribution in [1.82, 2.24) is 5.32 Å². The molecule has 3 heteroatoms. The number of anilines is 1. The van der Waals surface area contributed by atoms with Gasteiger partial charge in [-0.15, -0.1) is 0 Å². The molecule has 0 bridgehead atoms. The van der Waals surface area contributed by atoms with Crippen molar-refractivity contribution >= 4 is 17.3 Å². The number of rotatable bonds is 5. The van der Waals surface area contributed by atoms with Gasteiger partial charge in [-0.1, -0.05) is 11.6 Å². The van der Waals surface area contributed by atoms with E-state index in [0.717, 1.165) is 23.8 Å². The van der Waals surface area contributed by atoms with Crippen LogP contribution < -0.4 is 10.6 Å². The number of benzene rings is 1. The molecule has 0 aromatic heterocycles. The molecule has 1 aliphatic rings. The van der Waals surface area contributed by atoms with Crippen molar-refractivity contribution in [2.45, 2.75) is 12.8 Å². The quantitative estimate of drug-likeness (QED) is 0.804. The smallest absolute Gasteiger partial charge is 0.0407 e. The molecule has 2 rings (SSSR count). The molecule has 1 aliphatic carbocycles. The van der Waals surface area contributed by atoms with E-state index in [1.807, 2.05) is 31.3 Å². The van der Waals surface area contributed by atoms with Crippen LogP contribution in [0.1, 0.15) is 12.8 Å². The fourth-order valence-electron chi connectivity index (χ4n) is 1.83. The second-order valence-corrected chi connectivity index (χ2v) is 4.83. The Bertz CT molecular complexity index is 317. The monoisotopic (exact) mass is 224 g/mol. The van der Waals surface area contributed by atoms with Gasteiger partial charge in [-0.25, -0.2) is 0 Å². The van der Waals surface area contributed by atoms with Gasteiger partial charge >= 0.3 is 0 Å². The van der Waals surface area contributed by atoms with E-state index in [1.54, 1.807) is 0 Å². The molecule has 0 spiro atoms. The molecule has 2 N–H and O–H groups in total. The molecule has 0 aliphatic heterocycles. The number of nitrogens with one attached hydrogen (secondary N) is 2. The largest absolute Gasteiger partial charge is 0.384 e. The molecule has 0 unspecified atom stereocenters. The molecule has 0 atom stereocenters. The molecule has 0 radical (unpaired) electrons. The summed E-state index contributed by atoms with van der Waals surface area (Å²) in [5, 5.41) is 7.50. The number of hydrogen-bond acceptors (Lipinski definition) is 2. The molecule has 82 valence electrons. The summed E-state index contributed by atoms with van der Waals surface area (Å²) in [7, 11) is 2.02. The van der Waals surface area contributed by atoms with Crippen molar-refractivity contribution in [3.8, 4) is 0 Å². The van der Waals surface area contributed by atoms with Crippen LogP contribution in [-0.4, -0.2) is 20.1 Å². The minimum absolute atomic E-state index is 0.494. The van der Waals surface area contributed by atoms with Gasteiger partial charge in [-0.2, -0.15) is 0 Å². The lowest BCUT2D eigenvalue weighted by atomic mass is 10.1. The fourth-order valence-corrected chi connectivity index (χ4v) is 1.95. The van der Waals surface area contributed by atoms with E-state index in [4.69, 9.17) is 11.6 Å². The summed E-state index contributed by atoms with van der Waals surface area (Å²) in [5.74, 6) is 0. The van der Waals surface area contributed by atoms with Crippen LogP contribution in [0.15, 0.2) is 24.3 Å². The van der Waals surface area contributed by atoms with Crippen molar-refractivity contribution < 1.29 is 0 Å². The third kappa shape index (κ3) is 2.86. The molecular formula is C12H17ClN2. The van der Waals surface area contributed by atoms with E-state index in [-0.39, 0.29) is 0 Å². The molecular weight excluding hydrogens is 208 g/mol. The molecule has 15 heavy (non-hydrogen) atoms. The Morgan fingerprint density at radius 3 is 2.40 bits per heavy atom. The molecule has 1 aromatic carbocycles. The Hall–Kier alpha value is -0.730. The average molecular weight is 225 g/mol. The Kier molecular flexibility index (Phi) is 3.17. The highest BCUT2D eigenvalue weighted by Gasteiger charge is 2.41. The third-order valence-electron chi connectivity index (χ3n) is 3.02. The van der Waals surface area contributed by atoms with E-state index < -0.39 is 0 Å². The van der Waals surface area contributed by atoms with E-state index in [2.05, 4.69) is 10.6 Å². The van der Waals surface area contributed by atoms with E-state index >= 15 is 0 Å². The van der Waals surface area contributed by atoms with Crippen LogP contribution in [0.25, 0.3) is 0 Å². The molecule has 2 nitrogen and oxygen atoms in total. The first-order valence-electron chi connectivity index (χ1n) is 5.38. The molecule has 0 amide bonds. The van der Waals surface area contributed by atoms with Gasteiger partial charge in [-0.05, 0) is 44.2 Å². The zero-order chi connectivity index (χ0) is 10.7. The van der Waals surface area contributed by atoms with Gasteiger partial charge in [0.05, 0.1) is 0 Å². The van der Waals surface area contributed by atoms with Crippen LogP contribution in [0.3, 0.4) is 0 Å². The maximum absolute atomic E-state index is 5.83. The van der Waals surface area contributed by atoms with Crippen molar-refractivity contribution in [2.24, 2.45) is 5.41 Å². The summed E-state index contributed by atoms with van der Waals surface area (Å²) in [6, 6.07) is 7.89. The van der Waals surface area contributed by atoms with Gasteiger partial charge in [0, 0.05) is 29.2 Å². The highest BCUT2D eigenvalue weighted by Crippen LogP contribution is 2.44. The molecule has 1 aromatic rings. The third-order valence-corrected chi connectivity index (χ3v) is 3.27. The van der Waals surface area contributed by atoms with E-state index in [1.165, 1.54) is 12.8 Å². The Morgan fingerprint density at radius 1 is 1.20 bits per heavy atom. The fraction of sp³-hybridized carbons (Fsp3) is 0.500. The Morgan fingerprint density at radius 2 is 1.87 bits per heavy atom. The van der Waals surface area contributed by atoms with Gasteiger partial charge in [0.15, 0.2) is 0 Å². The lowest BCUT2D eigenvalue weighted by molar-refractivity contribution is 0.507. The van der Waals surface area contributed by atoms with E-state index in [0.29, 0.717) is 5.41 Å². The summed E-state index contributed by atoms with van der Waals surface area (Å²) in [6.45, 7) is 2.16. The van der Waals surface area contributed by atoms with Crippen LogP contribution in [0.4, 0.5) is 5.69 Å². The Balaban J connectivity index is 1.85. The molecule has 1 saturated carbocycles. The molecule has 1 fully saturated rings. The van der Waals surface area contributed by atoms with Crippen molar-refractivity contribution in [2.75, 3.05) is 25.5 Å². The van der Waals surface area contributed by atoms with Gasteiger partial charge in [-0.3, -0.25) is 0 Å². The summed E-state index contributed by atoms with van der Waals surface area (Å²) < 4.78 is 0. The second kappa shape index (κ2) is 4.42. The van der Waals surface area contributed by atoms with Gasteiger partial charge in [0.2, 0.25) is 0 Å². The predicted molar refractivity (Wildman–Crippen MR) is 65.5 cm³/mol. The van der Waals surface area contributed by atoms with Crippen LogP contribution >= 0.6 is 11.6 Å². The molecule has 0 saturated heterocycles. The maximum atomic E-state index is 5.83. The predicted octanol–water partition coefficient (Wildman–Crippen LogP) is 2.75. The molecule has 0 heterocycles. The number of halogens is 1. The van der Waals surface area contributed by atoms with Crippen LogP contribution in [0.2, 0.25) is 5.02 Å². The summed E-state index contributed by atoms with van der Waals surface area (Å²) in [6.07, 6.45) is 2.66. The zero-order valence-electron chi connectivity index (χ0n) is 9.02. The lowest BCUT2D eigenvalue weighted by Gasteiger charge is -2.16. The van der Waals surface area contributed by atoms with Gasteiger partial charge in [0.1, 0.15) is 0 Å². The summed E-state index contributed by atoms with van der Waals surface area (Å²) in [5.41, 5.74) is 1.65. The minimum atomic E-state index is 0.494. The van der Waals surface area contributed by atoms with E-state index in [9.17, 15) is 0 Å². The first-order chi connectivity index (χ1) is 7.24. The van der Waals surface area contributed by atoms with Crippen LogP contribution in [0.5, 0.6) is 0 Å². The number of hydrogen-bond donors (Lipinski definition) is 2. The van der Waals surface area contributed by atoms with Gasteiger partial charge < -0.3 is 10.6 Å². The van der Waals surface area contributed by atoms with Gasteiger partial charge in [0.25, 0.3) is 0 Å². The van der Waals surface area contributed by atoms with Crippen LogP contribution in [-0.2, 0) is 0 Å².